The minimum absolute atomic E-state index is 0.896. The third kappa shape index (κ3) is 50.0. The maximum Gasteiger partial charge on any atom is -0.0471 e. The standard InChI is InChI=1S/C52H106/c1-4-5-6-7-8-9-10-11-12-13-14-15-16-17-18-19-20-21-22-23-24-25-26-27-28-29-30-31-32-33-34-35-36-37-38-39-40-41-42-43-44-45-46-47-48-49-50-51-52(2)3/h52H,4-51H2,1-3H3. The Kier molecular flexibility index (Phi) is 49.0. The third-order valence-corrected chi connectivity index (χ3v) is 12.4. The molecule has 0 unspecified atom stereocenters. The molecular formula is C52H106. The van der Waals surface area contributed by atoms with Gasteiger partial charge in [0.05, 0.1) is 0 Å². The van der Waals surface area contributed by atoms with E-state index >= 15 is 0 Å². The van der Waals surface area contributed by atoms with Crippen molar-refractivity contribution >= 4 is 0 Å². The van der Waals surface area contributed by atoms with Crippen molar-refractivity contribution in [3.05, 3.63) is 0 Å². The lowest BCUT2D eigenvalue weighted by Gasteiger charge is -2.05. The van der Waals surface area contributed by atoms with Crippen molar-refractivity contribution in [2.45, 2.75) is 329 Å². The van der Waals surface area contributed by atoms with E-state index < -0.39 is 0 Å². The van der Waals surface area contributed by atoms with Crippen molar-refractivity contribution in [1.82, 2.24) is 0 Å². The van der Waals surface area contributed by atoms with Crippen LogP contribution in [0.3, 0.4) is 0 Å². The fourth-order valence-electron chi connectivity index (χ4n) is 8.58. The highest BCUT2D eigenvalue weighted by Crippen LogP contribution is 2.19. The number of unbranched alkanes of at least 4 members (excludes halogenated alkanes) is 46. The van der Waals surface area contributed by atoms with Gasteiger partial charge < -0.3 is 0 Å². The van der Waals surface area contributed by atoms with E-state index in [1.54, 1.807) is 0 Å². The Balaban J connectivity index is 3.05. The summed E-state index contributed by atoms with van der Waals surface area (Å²) in [4.78, 5) is 0. The molecule has 0 saturated carbocycles. The Morgan fingerprint density at radius 1 is 0.173 bits per heavy atom. The molecule has 0 heteroatoms. The Labute approximate surface area is 333 Å². The Morgan fingerprint density at radius 2 is 0.288 bits per heavy atom. The zero-order chi connectivity index (χ0) is 37.5. The summed E-state index contributed by atoms with van der Waals surface area (Å²) >= 11 is 0. The second-order valence-electron chi connectivity index (χ2n) is 18.4. The summed E-state index contributed by atoms with van der Waals surface area (Å²) < 4.78 is 0. The predicted molar refractivity (Wildman–Crippen MR) is 242 cm³/mol. The highest BCUT2D eigenvalue weighted by Gasteiger charge is 1.99. The minimum Gasteiger partial charge on any atom is -0.0654 e. The topological polar surface area (TPSA) is 0 Å². The predicted octanol–water partition coefficient (Wildman–Crippen LogP) is 20.4. The molecule has 0 heterocycles. The van der Waals surface area contributed by atoms with Gasteiger partial charge in [-0.15, -0.1) is 0 Å². The monoisotopic (exact) mass is 731 g/mol. The van der Waals surface area contributed by atoms with Crippen LogP contribution < -0.4 is 0 Å². The van der Waals surface area contributed by atoms with Gasteiger partial charge in [-0.25, -0.2) is 0 Å². The van der Waals surface area contributed by atoms with E-state index in [0.717, 1.165) is 5.92 Å². The van der Waals surface area contributed by atoms with Crippen LogP contribution in [0.25, 0.3) is 0 Å². The van der Waals surface area contributed by atoms with E-state index in [2.05, 4.69) is 20.8 Å². The summed E-state index contributed by atoms with van der Waals surface area (Å²) in [6.07, 6.45) is 71.4. The van der Waals surface area contributed by atoms with Crippen LogP contribution in [0.15, 0.2) is 0 Å². The van der Waals surface area contributed by atoms with Gasteiger partial charge in [0.1, 0.15) is 0 Å². The van der Waals surface area contributed by atoms with Gasteiger partial charge in [-0.3, -0.25) is 0 Å². The molecule has 0 bridgehead atoms. The first-order valence-corrected chi connectivity index (χ1v) is 25.8. The molecule has 0 fully saturated rings. The normalized spacial score (nSPS) is 11.8. The van der Waals surface area contributed by atoms with Gasteiger partial charge in [-0.2, -0.15) is 0 Å². The molecule has 0 nitrogen and oxygen atoms in total. The Hall–Kier alpha value is 0. The smallest absolute Gasteiger partial charge is 0.0471 e. The lowest BCUT2D eigenvalue weighted by Crippen LogP contribution is -1.87. The Bertz CT molecular complexity index is 577. The summed E-state index contributed by atoms with van der Waals surface area (Å²) in [5.41, 5.74) is 0. The molecule has 0 aliphatic carbocycles. The highest BCUT2D eigenvalue weighted by atomic mass is 14.1. The molecule has 0 atom stereocenters. The molecule has 0 spiro atoms. The molecule has 0 saturated heterocycles. The van der Waals surface area contributed by atoms with Crippen LogP contribution in [0.2, 0.25) is 0 Å². The molecule has 52 heavy (non-hydrogen) atoms. The summed E-state index contributed by atoms with van der Waals surface area (Å²) in [6, 6.07) is 0. The molecule has 0 radical (unpaired) electrons. The average Bonchev–Trinajstić information content (AvgIpc) is 3.14. The number of hydrogen-bond donors (Lipinski definition) is 0. The first-order chi connectivity index (χ1) is 25.8. The third-order valence-electron chi connectivity index (χ3n) is 12.4. The van der Waals surface area contributed by atoms with Crippen LogP contribution in [-0.4, -0.2) is 0 Å². The second kappa shape index (κ2) is 49.0. The van der Waals surface area contributed by atoms with E-state index in [9.17, 15) is 0 Å². The van der Waals surface area contributed by atoms with Gasteiger partial charge in [-0.1, -0.05) is 329 Å². The maximum atomic E-state index is 2.35. The fourth-order valence-corrected chi connectivity index (χ4v) is 8.58. The molecule has 0 aliphatic heterocycles. The van der Waals surface area contributed by atoms with Crippen LogP contribution >= 0.6 is 0 Å². The molecule has 0 N–H and O–H groups in total. The van der Waals surface area contributed by atoms with Crippen LogP contribution in [0.5, 0.6) is 0 Å². The van der Waals surface area contributed by atoms with E-state index in [1.165, 1.54) is 308 Å². The van der Waals surface area contributed by atoms with Crippen molar-refractivity contribution < 1.29 is 0 Å². The van der Waals surface area contributed by atoms with Crippen molar-refractivity contribution in [3.63, 3.8) is 0 Å². The number of hydrogen-bond acceptors (Lipinski definition) is 0. The zero-order valence-electron chi connectivity index (χ0n) is 37.5. The highest BCUT2D eigenvalue weighted by molar-refractivity contribution is 4.55. The van der Waals surface area contributed by atoms with Crippen molar-refractivity contribution in [3.8, 4) is 0 Å². The van der Waals surface area contributed by atoms with E-state index in [-0.39, 0.29) is 0 Å². The summed E-state index contributed by atoms with van der Waals surface area (Å²) in [6.45, 7) is 7.02. The largest absolute Gasteiger partial charge is 0.0654 e. The molecule has 0 aliphatic rings. The van der Waals surface area contributed by atoms with Gasteiger partial charge in [0.2, 0.25) is 0 Å². The van der Waals surface area contributed by atoms with Crippen LogP contribution in [0.4, 0.5) is 0 Å². The first kappa shape index (κ1) is 52.0. The lowest BCUT2D eigenvalue weighted by molar-refractivity contribution is 0.500. The summed E-state index contributed by atoms with van der Waals surface area (Å²) in [5.74, 6) is 0.896. The van der Waals surface area contributed by atoms with Crippen LogP contribution in [0, 0.1) is 5.92 Å². The van der Waals surface area contributed by atoms with E-state index in [4.69, 9.17) is 0 Å². The van der Waals surface area contributed by atoms with Gasteiger partial charge in [0.25, 0.3) is 0 Å². The summed E-state index contributed by atoms with van der Waals surface area (Å²) in [5, 5.41) is 0. The van der Waals surface area contributed by atoms with Gasteiger partial charge >= 0.3 is 0 Å². The van der Waals surface area contributed by atoms with Crippen molar-refractivity contribution in [2.24, 2.45) is 5.92 Å². The van der Waals surface area contributed by atoms with Crippen LogP contribution in [-0.2, 0) is 0 Å². The van der Waals surface area contributed by atoms with Crippen LogP contribution in [0.1, 0.15) is 329 Å². The minimum atomic E-state index is 0.896. The summed E-state index contributed by atoms with van der Waals surface area (Å²) in [7, 11) is 0. The van der Waals surface area contributed by atoms with Gasteiger partial charge in [-0.05, 0) is 5.92 Å². The molecule has 0 aromatic heterocycles. The van der Waals surface area contributed by atoms with Gasteiger partial charge in [0, 0.05) is 0 Å². The molecule has 0 rings (SSSR count). The second-order valence-corrected chi connectivity index (χ2v) is 18.4. The molecule has 0 aromatic carbocycles. The molecule has 0 amide bonds. The van der Waals surface area contributed by atoms with Gasteiger partial charge in [0.15, 0.2) is 0 Å². The first-order valence-electron chi connectivity index (χ1n) is 25.8. The SMILES string of the molecule is CCCCCCCCCCCCCCCCCCCCCCCCCCCCCCCCCCCCCCCCCCCCCCCCCC(C)C. The zero-order valence-corrected chi connectivity index (χ0v) is 37.5. The molecule has 314 valence electrons. The molecule has 0 aromatic rings. The molecular weight excluding hydrogens is 625 g/mol. The maximum absolute atomic E-state index is 2.35. The van der Waals surface area contributed by atoms with E-state index in [1.807, 2.05) is 0 Å². The quantitative estimate of drug-likeness (QED) is 0.0547. The van der Waals surface area contributed by atoms with Crippen molar-refractivity contribution in [2.75, 3.05) is 0 Å². The lowest BCUT2D eigenvalue weighted by atomic mass is 10.0. The fraction of sp³-hybridized carbons (Fsp3) is 1.00. The Morgan fingerprint density at radius 3 is 0.404 bits per heavy atom. The van der Waals surface area contributed by atoms with E-state index in [0.29, 0.717) is 0 Å². The average molecular weight is 731 g/mol. The number of rotatable bonds is 48. The van der Waals surface area contributed by atoms with Crippen molar-refractivity contribution in [1.29, 1.82) is 0 Å².